The molecule has 4 heteroatoms. The Hall–Kier alpha value is -2.13. The first-order valence-electron chi connectivity index (χ1n) is 6.47. The van der Waals surface area contributed by atoms with Gasteiger partial charge in [-0.3, -0.25) is 4.79 Å². The smallest absolute Gasteiger partial charge is 0.248 e. The van der Waals surface area contributed by atoms with Gasteiger partial charge in [-0.15, -0.1) is 0 Å². The van der Waals surface area contributed by atoms with Gasteiger partial charge in [-0.2, -0.15) is 0 Å². The Morgan fingerprint density at radius 3 is 2.67 bits per heavy atom. The fourth-order valence-electron chi connectivity index (χ4n) is 1.96. The number of carbonyl (C=O) groups is 1. The van der Waals surface area contributed by atoms with Crippen LogP contribution in [0.1, 0.15) is 16.7 Å². The average molecular weight is 304 g/mol. The van der Waals surface area contributed by atoms with E-state index in [0.717, 1.165) is 16.8 Å². The van der Waals surface area contributed by atoms with E-state index in [9.17, 15) is 9.18 Å². The minimum Gasteiger partial charge on any atom is -0.322 e. The van der Waals surface area contributed by atoms with Crippen LogP contribution in [0.4, 0.5) is 10.1 Å². The molecule has 0 saturated carbocycles. The first-order valence-corrected chi connectivity index (χ1v) is 6.85. The third-order valence-electron chi connectivity index (χ3n) is 3.04. The second-order valence-corrected chi connectivity index (χ2v) is 5.18. The summed E-state index contributed by atoms with van der Waals surface area (Å²) in [5, 5.41) is 3.02. The van der Waals surface area contributed by atoms with Crippen molar-refractivity contribution < 1.29 is 9.18 Å². The summed E-state index contributed by atoms with van der Waals surface area (Å²) in [7, 11) is 0. The fourth-order valence-corrected chi connectivity index (χ4v) is 2.18. The van der Waals surface area contributed by atoms with Crippen LogP contribution in [0.2, 0.25) is 5.02 Å². The molecule has 2 rings (SSSR count). The molecule has 1 amide bonds. The van der Waals surface area contributed by atoms with Gasteiger partial charge in [0.05, 0.1) is 5.02 Å². The van der Waals surface area contributed by atoms with Crippen LogP contribution in [0.5, 0.6) is 0 Å². The molecule has 0 fully saturated rings. The van der Waals surface area contributed by atoms with Crippen molar-refractivity contribution >= 4 is 29.3 Å². The molecule has 2 nitrogen and oxygen atoms in total. The van der Waals surface area contributed by atoms with Crippen molar-refractivity contribution in [2.45, 2.75) is 13.8 Å². The molecule has 0 aliphatic rings. The van der Waals surface area contributed by atoms with Crippen molar-refractivity contribution in [1.82, 2.24) is 0 Å². The molecule has 0 aliphatic heterocycles. The van der Waals surface area contributed by atoms with Crippen molar-refractivity contribution in [3.05, 3.63) is 70.0 Å². The first-order chi connectivity index (χ1) is 9.97. The molecule has 1 N–H and O–H groups in total. The van der Waals surface area contributed by atoms with E-state index in [-0.39, 0.29) is 16.5 Å². The number of aryl methyl sites for hydroxylation is 2. The number of nitrogens with one attached hydrogen (secondary N) is 1. The molecule has 2 aromatic rings. The fraction of sp³-hybridized carbons (Fsp3) is 0.118. The molecule has 0 radical (unpaired) electrons. The maximum absolute atomic E-state index is 13.6. The Labute approximate surface area is 128 Å². The molecule has 0 aromatic heterocycles. The number of benzene rings is 2. The molecule has 21 heavy (non-hydrogen) atoms. The van der Waals surface area contributed by atoms with Crippen LogP contribution in [0.3, 0.4) is 0 Å². The standard InChI is InChI=1S/C17H15ClFNO/c1-11-6-8-16(12(2)10-11)20-17(21)9-7-13-14(18)4-3-5-15(13)19/h3-10H,1-2H3,(H,20,21)/b9-7+. The van der Waals surface area contributed by atoms with Gasteiger partial charge in [0.15, 0.2) is 0 Å². The van der Waals surface area contributed by atoms with Gasteiger partial charge < -0.3 is 5.32 Å². The summed E-state index contributed by atoms with van der Waals surface area (Å²) in [6.45, 7) is 3.90. The van der Waals surface area contributed by atoms with Gasteiger partial charge in [0.25, 0.3) is 0 Å². The Balaban J connectivity index is 2.13. The number of amides is 1. The summed E-state index contributed by atoms with van der Waals surface area (Å²) >= 11 is 5.89. The Bertz CT molecular complexity index is 690. The first kappa shape index (κ1) is 15.3. The SMILES string of the molecule is Cc1ccc(NC(=O)/C=C/c2c(F)cccc2Cl)c(C)c1. The molecular weight excluding hydrogens is 289 g/mol. The zero-order chi connectivity index (χ0) is 15.4. The Kier molecular flexibility index (Phi) is 4.76. The van der Waals surface area contributed by atoms with Crippen molar-refractivity contribution in [3.63, 3.8) is 0 Å². The minimum atomic E-state index is -0.460. The highest BCUT2D eigenvalue weighted by molar-refractivity contribution is 6.32. The topological polar surface area (TPSA) is 29.1 Å². The van der Waals surface area contributed by atoms with Crippen LogP contribution < -0.4 is 5.32 Å². The van der Waals surface area contributed by atoms with Gasteiger partial charge in [0, 0.05) is 17.3 Å². The number of halogens is 2. The van der Waals surface area contributed by atoms with Crippen LogP contribution in [-0.4, -0.2) is 5.91 Å². The lowest BCUT2D eigenvalue weighted by atomic mass is 10.1. The molecule has 108 valence electrons. The predicted octanol–water partition coefficient (Wildman–Crippen LogP) is 4.75. The van der Waals surface area contributed by atoms with E-state index >= 15 is 0 Å². The lowest BCUT2D eigenvalue weighted by Crippen LogP contribution is -2.09. The monoisotopic (exact) mass is 303 g/mol. The van der Waals surface area contributed by atoms with Crippen LogP contribution in [0, 0.1) is 19.7 Å². The Morgan fingerprint density at radius 2 is 2.00 bits per heavy atom. The van der Waals surface area contributed by atoms with Gasteiger partial charge in [-0.25, -0.2) is 4.39 Å². The van der Waals surface area contributed by atoms with Crippen LogP contribution in [0.25, 0.3) is 6.08 Å². The van der Waals surface area contributed by atoms with Crippen molar-refractivity contribution in [1.29, 1.82) is 0 Å². The lowest BCUT2D eigenvalue weighted by Gasteiger charge is -2.07. The highest BCUT2D eigenvalue weighted by Crippen LogP contribution is 2.20. The van der Waals surface area contributed by atoms with Gasteiger partial charge >= 0.3 is 0 Å². The van der Waals surface area contributed by atoms with E-state index in [0.29, 0.717) is 0 Å². The Morgan fingerprint density at radius 1 is 1.24 bits per heavy atom. The number of hydrogen-bond acceptors (Lipinski definition) is 1. The van der Waals surface area contributed by atoms with Crippen molar-refractivity contribution in [2.75, 3.05) is 5.32 Å². The second kappa shape index (κ2) is 6.55. The zero-order valence-electron chi connectivity index (χ0n) is 11.8. The molecule has 2 aromatic carbocycles. The molecule has 0 heterocycles. The van der Waals surface area contributed by atoms with E-state index in [2.05, 4.69) is 5.32 Å². The number of carbonyl (C=O) groups excluding carboxylic acids is 1. The number of rotatable bonds is 3. The molecule has 0 spiro atoms. The van der Waals surface area contributed by atoms with E-state index in [1.807, 2.05) is 32.0 Å². The van der Waals surface area contributed by atoms with E-state index < -0.39 is 5.82 Å². The van der Waals surface area contributed by atoms with Crippen molar-refractivity contribution in [2.24, 2.45) is 0 Å². The maximum atomic E-state index is 13.6. The summed E-state index contributed by atoms with van der Waals surface area (Å²) < 4.78 is 13.6. The predicted molar refractivity (Wildman–Crippen MR) is 85.0 cm³/mol. The number of hydrogen-bond donors (Lipinski definition) is 1. The molecule has 0 atom stereocenters. The highest BCUT2D eigenvalue weighted by atomic mass is 35.5. The summed E-state index contributed by atoms with van der Waals surface area (Å²) in [5.41, 5.74) is 3.03. The quantitative estimate of drug-likeness (QED) is 0.815. The summed E-state index contributed by atoms with van der Waals surface area (Å²) in [6.07, 6.45) is 2.64. The van der Waals surface area contributed by atoms with Crippen molar-refractivity contribution in [3.8, 4) is 0 Å². The van der Waals surface area contributed by atoms with Gasteiger partial charge in [-0.05, 0) is 43.7 Å². The maximum Gasteiger partial charge on any atom is 0.248 e. The molecule has 0 aliphatic carbocycles. The number of anilines is 1. The van der Waals surface area contributed by atoms with Crippen LogP contribution in [-0.2, 0) is 4.79 Å². The minimum absolute atomic E-state index is 0.204. The third kappa shape index (κ3) is 3.92. The van der Waals surface area contributed by atoms with Crippen LogP contribution in [0.15, 0.2) is 42.5 Å². The van der Waals surface area contributed by atoms with Gasteiger partial charge in [0.1, 0.15) is 5.82 Å². The average Bonchev–Trinajstić information content (AvgIpc) is 2.41. The second-order valence-electron chi connectivity index (χ2n) is 4.78. The largest absolute Gasteiger partial charge is 0.322 e. The van der Waals surface area contributed by atoms with E-state index in [1.165, 1.54) is 24.3 Å². The lowest BCUT2D eigenvalue weighted by molar-refractivity contribution is -0.111. The molecule has 0 unspecified atom stereocenters. The van der Waals surface area contributed by atoms with E-state index in [4.69, 9.17) is 11.6 Å². The molecule has 0 bridgehead atoms. The normalized spacial score (nSPS) is 10.9. The van der Waals surface area contributed by atoms with Crippen LogP contribution >= 0.6 is 11.6 Å². The third-order valence-corrected chi connectivity index (χ3v) is 3.37. The highest BCUT2D eigenvalue weighted by Gasteiger charge is 2.05. The summed E-state index contributed by atoms with van der Waals surface area (Å²) in [6, 6.07) is 10.1. The van der Waals surface area contributed by atoms with E-state index in [1.54, 1.807) is 6.07 Å². The summed E-state index contributed by atoms with van der Waals surface area (Å²) in [4.78, 5) is 11.9. The zero-order valence-corrected chi connectivity index (χ0v) is 12.5. The molecule has 0 saturated heterocycles. The van der Waals surface area contributed by atoms with Gasteiger partial charge in [0.2, 0.25) is 5.91 Å². The molecular formula is C17H15ClFNO. The van der Waals surface area contributed by atoms with Gasteiger partial charge in [-0.1, -0.05) is 35.4 Å². The summed E-state index contributed by atoms with van der Waals surface area (Å²) in [5.74, 6) is -0.792.